The van der Waals surface area contributed by atoms with Crippen LogP contribution in [0.3, 0.4) is 0 Å². The summed E-state index contributed by atoms with van der Waals surface area (Å²) in [6.45, 7) is 2.29. The second kappa shape index (κ2) is 7.13. The minimum atomic E-state index is -0.173. The highest BCUT2D eigenvalue weighted by molar-refractivity contribution is 7.99. The van der Waals surface area contributed by atoms with Gasteiger partial charge in [0.15, 0.2) is 5.16 Å². The van der Waals surface area contributed by atoms with Gasteiger partial charge in [0.1, 0.15) is 0 Å². The number of carbonyl (C=O) groups excluding carboxylic acids is 1. The Morgan fingerprint density at radius 2 is 1.68 bits per heavy atom. The molecule has 1 fully saturated rings. The molecule has 1 aromatic heterocycles. The summed E-state index contributed by atoms with van der Waals surface area (Å²) in [6.07, 6.45) is 3.52. The summed E-state index contributed by atoms with van der Waals surface area (Å²) in [6, 6.07) is 21.3. The number of benzene rings is 2. The number of nitrogens with zero attached hydrogens (tertiary/aromatic N) is 3. The molecule has 0 aliphatic carbocycles. The van der Waals surface area contributed by atoms with Crippen molar-refractivity contribution in [2.45, 2.75) is 36.5 Å². The Hall–Kier alpha value is -2.53. The van der Waals surface area contributed by atoms with Gasteiger partial charge in [-0.25, -0.2) is 4.98 Å². The van der Waals surface area contributed by atoms with Crippen molar-refractivity contribution in [1.29, 1.82) is 0 Å². The predicted molar refractivity (Wildman–Crippen MR) is 111 cm³/mol. The number of fused-ring (bicyclic) bond motifs is 1. The van der Waals surface area contributed by atoms with Gasteiger partial charge in [0.2, 0.25) is 5.91 Å². The fraction of sp³-hybridized carbons (Fsp3) is 0.304. The molecule has 0 unspecified atom stereocenters. The van der Waals surface area contributed by atoms with E-state index in [9.17, 15) is 4.79 Å². The van der Waals surface area contributed by atoms with Crippen molar-refractivity contribution in [2.75, 3.05) is 12.3 Å². The number of aromatic nitrogens is 2. The van der Waals surface area contributed by atoms with Gasteiger partial charge in [-0.15, -0.1) is 0 Å². The molecule has 0 N–H and O–H groups in total. The minimum Gasteiger partial charge on any atom is -0.336 e. The lowest BCUT2D eigenvalue weighted by atomic mass is 9.69. The number of rotatable bonds is 4. The van der Waals surface area contributed by atoms with E-state index in [2.05, 4.69) is 71.4 Å². The number of likely N-dealkylation sites (tertiary alicyclic amines) is 1. The number of carbonyl (C=O) groups is 1. The molecule has 28 heavy (non-hydrogen) atoms. The third kappa shape index (κ3) is 3.04. The van der Waals surface area contributed by atoms with Crippen molar-refractivity contribution in [3.63, 3.8) is 0 Å². The van der Waals surface area contributed by atoms with Gasteiger partial charge in [0.05, 0.1) is 12.2 Å². The van der Waals surface area contributed by atoms with E-state index in [1.807, 2.05) is 4.90 Å². The van der Waals surface area contributed by atoms with Crippen LogP contribution in [0.15, 0.2) is 72.0 Å². The summed E-state index contributed by atoms with van der Waals surface area (Å²) in [7, 11) is 0. The summed E-state index contributed by atoms with van der Waals surface area (Å²) in [4.78, 5) is 19.6. The number of aryl methyl sites for hydroxylation is 1. The molecule has 0 radical (unpaired) electrons. The van der Waals surface area contributed by atoms with Crippen molar-refractivity contribution < 1.29 is 4.79 Å². The van der Waals surface area contributed by atoms with E-state index in [0.717, 1.165) is 29.6 Å². The first kappa shape index (κ1) is 17.6. The van der Waals surface area contributed by atoms with Gasteiger partial charge in [-0.05, 0) is 17.5 Å². The number of hydrogen-bond acceptors (Lipinski definition) is 3. The van der Waals surface area contributed by atoms with E-state index in [4.69, 9.17) is 4.98 Å². The van der Waals surface area contributed by atoms with Crippen LogP contribution in [0.5, 0.6) is 0 Å². The summed E-state index contributed by atoms with van der Waals surface area (Å²) in [5.41, 5.74) is 3.38. The van der Waals surface area contributed by atoms with Crippen LogP contribution in [0.25, 0.3) is 0 Å². The van der Waals surface area contributed by atoms with Crippen LogP contribution in [0.1, 0.15) is 29.7 Å². The van der Waals surface area contributed by atoms with Gasteiger partial charge in [0, 0.05) is 36.9 Å². The third-order valence-electron chi connectivity index (χ3n) is 5.94. The van der Waals surface area contributed by atoms with Crippen molar-refractivity contribution in [3.05, 3.63) is 83.7 Å². The molecule has 5 heteroatoms. The first-order chi connectivity index (χ1) is 13.7. The molecule has 3 aromatic rings. The van der Waals surface area contributed by atoms with Gasteiger partial charge in [0.25, 0.3) is 0 Å². The van der Waals surface area contributed by atoms with E-state index < -0.39 is 0 Å². The standard InChI is InChI=1S/C23H23N3OS/c27-21-11-12-23(18-7-3-1-4-8-18,19-9-5-2-6-10-19)17-26(21)16-20-15-25-13-14-28-22(25)24-20/h1-10,15H,11-14,16-17H2. The van der Waals surface area contributed by atoms with Gasteiger partial charge in [-0.1, -0.05) is 72.4 Å². The zero-order valence-corrected chi connectivity index (χ0v) is 16.6. The average Bonchev–Trinajstić information content (AvgIpc) is 3.33. The Kier molecular flexibility index (Phi) is 4.47. The average molecular weight is 390 g/mol. The van der Waals surface area contributed by atoms with Gasteiger partial charge < -0.3 is 9.47 Å². The second-order valence-corrected chi connectivity index (χ2v) is 8.68. The molecule has 4 nitrogen and oxygen atoms in total. The Morgan fingerprint density at radius 1 is 1.00 bits per heavy atom. The topological polar surface area (TPSA) is 38.1 Å². The SMILES string of the molecule is O=C1CCC(c2ccccc2)(c2ccccc2)CN1Cc1cn2c(n1)SCC2. The maximum Gasteiger partial charge on any atom is 0.223 e. The molecule has 2 aromatic carbocycles. The smallest absolute Gasteiger partial charge is 0.223 e. The van der Waals surface area contributed by atoms with Crippen molar-refractivity contribution in [3.8, 4) is 0 Å². The van der Waals surface area contributed by atoms with E-state index in [0.29, 0.717) is 19.5 Å². The monoisotopic (exact) mass is 389 g/mol. The Balaban J connectivity index is 1.50. The molecule has 5 rings (SSSR count). The minimum absolute atomic E-state index is 0.173. The summed E-state index contributed by atoms with van der Waals surface area (Å²) in [5.74, 6) is 1.32. The summed E-state index contributed by atoms with van der Waals surface area (Å²) < 4.78 is 2.20. The quantitative estimate of drug-likeness (QED) is 0.674. The Labute approximate surface area is 169 Å². The fourth-order valence-electron chi connectivity index (χ4n) is 4.50. The number of imidazole rings is 1. The molecule has 0 spiro atoms. The molecular weight excluding hydrogens is 366 g/mol. The van der Waals surface area contributed by atoms with Crippen LogP contribution in [0.4, 0.5) is 0 Å². The van der Waals surface area contributed by atoms with E-state index >= 15 is 0 Å². The number of hydrogen-bond donors (Lipinski definition) is 0. The largest absolute Gasteiger partial charge is 0.336 e. The number of piperidine rings is 1. The second-order valence-electron chi connectivity index (χ2n) is 7.62. The van der Waals surface area contributed by atoms with Gasteiger partial charge >= 0.3 is 0 Å². The molecule has 3 heterocycles. The zero-order chi connectivity index (χ0) is 19.0. The van der Waals surface area contributed by atoms with Crippen molar-refractivity contribution in [1.82, 2.24) is 14.5 Å². The van der Waals surface area contributed by atoms with E-state index in [-0.39, 0.29) is 11.3 Å². The van der Waals surface area contributed by atoms with Crippen molar-refractivity contribution in [2.24, 2.45) is 0 Å². The maximum atomic E-state index is 12.8. The molecule has 0 saturated carbocycles. The van der Waals surface area contributed by atoms with Gasteiger partial charge in [-0.2, -0.15) is 0 Å². The normalized spacial score (nSPS) is 18.3. The lowest BCUT2D eigenvalue weighted by Gasteiger charge is -2.43. The zero-order valence-electron chi connectivity index (χ0n) is 15.8. The molecule has 1 saturated heterocycles. The molecule has 0 atom stereocenters. The maximum absolute atomic E-state index is 12.8. The van der Waals surface area contributed by atoms with Crippen molar-refractivity contribution >= 4 is 17.7 Å². The Bertz CT molecular complexity index is 923. The van der Waals surface area contributed by atoms with Crippen LogP contribution in [-0.4, -0.2) is 32.7 Å². The number of thioether (sulfide) groups is 1. The van der Waals surface area contributed by atoms with E-state index in [1.54, 1.807) is 11.8 Å². The first-order valence-electron chi connectivity index (χ1n) is 9.82. The molecule has 0 bridgehead atoms. The lowest BCUT2D eigenvalue weighted by molar-refractivity contribution is -0.135. The predicted octanol–water partition coefficient (Wildman–Crippen LogP) is 4.10. The van der Waals surface area contributed by atoms with Gasteiger partial charge in [-0.3, -0.25) is 4.79 Å². The fourth-order valence-corrected chi connectivity index (χ4v) is 5.46. The van der Waals surface area contributed by atoms with Crippen LogP contribution >= 0.6 is 11.8 Å². The van der Waals surface area contributed by atoms with Crippen LogP contribution in [-0.2, 0) is 23.3 Å². The highest BCUT2D eigenvalue weighted by atomic mass is 32.2. The third-order valence-corrected chi connectivity index (χ3v) is 6.91. The molecular formula is C23H23N3OS. The van der Waals surface area contributed by atoms with Crippen LogP contribution in [0.2, 0.25) is 0 Å². The molecule has 1 amide bonds. The Morgan fingerprint density at radius 3 is 2.32 bits per heavy atom. The lowest BCUT2D eigenvalue weighted by Crippen LogP contribution is -2.49. The summed E-state index contributed by atoms with van der Waals surface area (Å²) >= 11 is 1.79. The number of amides is 1. The van der Waals surface area contributed by atoms with Crippen LogP contribution in [0, 0.1) is 0 Å². The highest BCUT2D eigenvalue weighted by Crippen LogP contribution is 2.41. The molecule has 2 aliphatic rings. The first-order valence-corrected chi connectivity index (χ1v) is 10.8. The van der Waals surface area contributed by atoms with Crippen LogP contribution < -0.4 is 0 Å². The molecule has 2 aliphatic heterocycles. The molecule has 142 valence electrons. The van der Waals surface area contributed by atoms with E-state index in [1.165, 1.54) is 11.1 Å². The summed E-state index contributed by atoms with van der Waals surface area (Å²) in [5, 5.41) is 1.08. The highest BCUT2D eigenvalue weighted by Gasteiger charge is 2.41.